The molecule has 0 spiro atoms. The van der Waals surface area contributed by atoms with Gasteiger partial charge in [0.2, 0.25) is 11.6 Å². The van der Waals surface area contributed by atoms with Crippen molar-refractivity contribution < 1.29 is 29.6 Å². The van der Waals surface area contributed by atoms with Crippen LogP contribution in [-0.2, 0) is 16.0 Å². The van der Waals surface area contributed by atoms with Gasteiger partial charge in [-0.05, 0) is 12.0 Å². The summed E-state index contributed by atoms with van der Waals surface area (Å²) in [6, 6.07) is 0. The fourth-order valence-corrected chi connectivity index (χ4v) is 3.47. The number of rotatable bonds is 2. The minimum Gasteiger partial charge on any atom is -0.394 e. The molecule has 0 saturated carbocycles. The Bertz CT molecular complexity index is 737. The van der Waals surface area contributed by atoms with Gasteiger partial charge in [0.25, 0.3) is 0 Å². The lowest BCUT2D eigenvalue weighted by molar-refractivity contribution is -0.111. The Morgan fingerprint density at radius 1 is 1.30 bits per heavy atom. The third-order valence-corrected chi connectivity index (χ3v) is 4.60. The van der Waals surface area contributed by atoms with Gasteiger partial charge in [-0.15, -0.1) is 0 Å². The fourth-order valence-electron chi connectivity index (χ4n) is 3.47. The molecule has 1 aromatic rings. The smallest absolute Gasteiger partial charge is 0.250 e. The monoisotopic (exact) mass is 320 g/mol. The van der Waals surface area contributed by atoms with Crippen LogP contribution in [0.25, 0.3) is 5.70 Å². The second-order valence-electron chi connectivity index (χ2n) is 5.94. The lowest BCUT2D eigenvalue weighted by atomic mass is 9.93. The van der Waals surface area contributed by atoms with E-state index in [9.17, 15) is 24.9 Å². The van der Waals surface area contributed by atoms with Gasteiger partial charge in [-0.2, -0.15) is 0 Å². The largest absolute Gasteiger partial charge is 0.394 e. The Balaban J connectivity index is 1.85. The maximum Gasteiger partial charge on any atom is 0.250 e. The van der Waals surface area contributed by atoms with Crippen LogP contribution in [0.4, 0.5) is 0 Å². The number of ether oxygens (including phenoxy) is 1. The normalized spacial score (nSPS) is 32.6. The number of Topliss-reactive ketones (excluding diaryl/α,β-unsaturated/α-hetero) is 1. The number of nitrogens with one attached hydrogen (secondary N) is 1. The summed E-state index contributed by atoms with van der Waals surface area (Å²) in [4.78, 5) is 24.3. The van der Waals surface area contributed by atoms with Crippen molar-refractivity contribution in [2.24, 2.45) is 0 Å². The second kappa shape index (κ2) is 5.00. The molecule has 0 aromatic carbocycles. The molecule has 3 aliphatic rings. The number of carbonyl (C=O) groups is 2. The molecule has 23 heavy (non-hydrogen) atoms. The predicted octanol–water partition coefficient (Wildman–Crippen LogP) is -1.65. The van der Waals surface area contributed by atoms with Crippen molar-refractivity contribution >= 4 is 17.3 Å². The van der Waals surface area contributed by atoms with Gasteiger partial charge >= 0.3 is 0 Å². The molecular weight excluding hydrogens is 304 g/mol. The van der Waals surface area contributed by atoms with Crippen LogP contribution in [-0.4, -0.2) is 62.9 Å². The number of nitrogens with zero attached hydrogens (tertiary/aromatic N) is 1. The quantitative estimate of drug-likeness (QED) is 0.482. The molecular formula is C15H16N2O6. The fraction of sp³-hybridized carbons (Fsp3) is 0.467. The van der Waals surface area contributed by atoms with Crippen LogP contribution in [0.2, 0.25) is 0 Å². The Hall–Kier alpha value is -2.00. The molecule has 1 aliphatic carbocycles. The van der Waals surface area contributed by atoms with Gasteiger partial charge in [-0.25, -0.2) is 0 Å². The van der Waals surface area contributed by atoms with E-state index in [4.69, 9.17) is 4.74 Å². The van der Waals surface area contributed by atoms with Crippen LogP contribution >= 0.6 is 0 Å². The van der Waals surface area contributed by atoms with Crippen LogP contribution in [0.1, 0.15) is 27.8 Å². The molecule has 0 radical (unpaired) electrons. The number of aromatic nitrogens is 1. The Morgan fingerprint density at radius 2 is 2.09 bits per heavy atom. The van der Waals surface area contributed by atoms with Crippen molar-refractivity contribution in [2.75, 3.05) is 13.2 Å². The minimum atomic E-state index is -1.30. The van der Waals surface area contributed by atoms with Crippen LogP contribution in [0, 0.1) is 0 Å². The van der Waals surface area contributed by atoms with Gasteiger partial charge in [0.15, 0.2) is 6.23 Å². The number of ketones is 2. The number of aliphatic hydroxyl groups excluding tert-OH is 3. The van der Waals surface area contributed by atoms with Gasteiger partial charge in [-0.1, -0.05) is 0 Å². The molecule has 8 nitrogen and oxygen atoms in total. The van der Waals surface area contributed by atoms with Crippen molar-refractivity contribution in [1.29, 1.82) is 0 Å². The third-order valence-electron chi connectivity index (χ3n) is 4.60. The highest BCUT2D eigenvalue weighted by atomic mass is 16.6. The highest BCUT2D eigenvalue weighted by Gasteiger charge is 2.46. The van der Waals surface area contributed by atoms with Gasteiger partial charge in [0.05, 0.1) is 6.61 Å². The summed E-state index contributed by atoms with van der Waals surface area (Å²) >= 11 is 0. The molecule has 4 rings (SSSR count). The molecule has 1 aromatic heterocycles. The highest BCUT2D eigenvalue weighted by molar-refractivity contribution is 6.50. The molecule has 8 heteroatoms. The van der Waals surface area contributed by atoms with E-state index in [1.807, 2.05) is 0 Å². The molecule has 0 bridgehead atoms. The molecule has 1 fully saturated rings. The zero-order valence-electron chi connectivity index (χ0n) is 12.1. The van der Waals surface area contributed by atoms with Gasteiger partial charge < -0.3 is 29.9 Å². The standard InChI is InChI=1S/C15H16N2O6/c18-5-9-13(21)14(22)15(23-9)17-4-6-1-2-16-7-3-8(19)12(20)11(17)10(6)7/h3-4,9,13-16,18,21-22H,1-2,5H2/t9-,13-,14-,15-/m1/s1. The van der Waals surface area contributed by atoms with E-state index < -0.39 is 42.7 Å². The summed E-state index contributed by atoms with van der Waals surface area (Å²) in [5.74, 6) is -1.31. The lowest BCUT2D eigenvalue weighted by Gasteiger charge is -2.23. The molecule has 0 unspecified atom stereocenters. The maximum atomic E-state index is 12.3. The van der Waals surface area contributed by atoms with Gasteiger partial charge in [0, 0.05) is 30.1 Å². The number of carbonyl (C=O) groups excluding carboxylic acids is 2. The van der Waals surface area contributed by atoms with Crippen molar-refractivity contribution in [3.8, 4) is 0 Å². The van der Waals surface area contributed by atoms with Crippen LogP contribution in [0.15, 0.2) is 12.3 Å². The average Bonchev–Trinajstić information content (AvgIpc) is 3.05. The van der Waals surface area contributed by atoms with E-state index >= 15 is 0 Å². The SMILES string of the molecule is O=C1C=C2NCCc3cn([C@@H]4O[C@H](CO)[C@@H](O)[C@H]4O)c(c32)C1=O. The van der Waals surface area contributed by atoms with E-state index in [0.717, 1.165) is 5.56 Å². The molecule has 4 N–H and O–H groups in total. The third kappa shape index (κ3) is 1.93. The van der Waals surface area contributed by atoms with Crippen LogP contribution in [0.5, 0.6) is 0 Å². The summed E-state index contributed by atoms with van der Waals surface area (Å²) in [5, 5.41) is 32.4. The number of aliphatic hydroxyl groups is 3. The van der Waals surface area contributed by atoms with Crippen molar-refractivity contribution in [3.63, 3.8) is 0 Å². The lowest BCUT2D eigenvalue weighted by Crippen LogP contribution is -2.34. The van der Waals surface area contributed by atoms with Crippen molar-refractivity contribution in [3.05, 3.63) is 29.1 Å². The van der Waals surface area contributed by atoms with Crippen LogP contribution in [0.3, 0.4) is 0 Å². The van der Waals surface area contributed by atoms with Gasteiger partial charge in [-0.3, -0.25) is 9.59 Å². The second-order valence-corrected chi connectivity index (χ2v) is 5.94. The average molecular weight is 320 g/mol. The van der Waals surface area contributed by atoms with Crippen molar-refractivity contribution in [2.45, 2.75) is 31.0 Å². The molecule has 2 aliphatic heterocycles. The molecule has 0 amide bonds. The molecule has 1 saturated heterocycles. The number of allylic oxidation sites excluding steroid dienone is 1. The van der Waals surface area contributed by atoms with Crippen LogP contribution < -0.4 is 5.32 Å². The first kappa shape index (κ1) is 14.6. The molecule has 3 heterocycles. The first-order valence-corrected chi connectivity index (χ1v) is 7.43. The summed E-state index contributed by atoms with van der Waals surface area (Å²) in [6.45, 7) is 0.185. The maximum absolute atomic E-state index is 12.3. The topological polar surface area (TPSA) is 121 Å². The summed E-state index contributed by atoms with van der Waals surface area (Å²) in [5.41, 5.74) is 2.28. The van der Waals surface area contributed by atoms with E-state index in [-0.39, 0.29) is 5.69 Å². The van der Waals surface area contributed by atoms with Gasteiger partial charge in [0.1, 0.15) is 24.0 Å². The first-order valence-electron chi connectivity index (χ1n) is 7.43. The zero-order chi connectivity index (χ0) is 16.3. The number of hydrogen-bond acceptors (Lipinski definition) is 7. The van der Waals surface area contributed by atoms with E-state index in [2.05, 4.69) is 5.32 Å². The van der Waals surface area contributed by atoms with E-state index in [1.165, 1.54) is 10.6 Å². The highest BCUT2D eigenvalue weighted by Crippen LogP contribution is 2.37. The number of hydrogen-bond donors (Lipinski definition) is 4. The zero-order valence-corrected chi connectivity index (χ0v) is 12.1. The Kier molecular flexibility index (Phi) is 3.17. The Morgan fingerprint density at radius 3 is 2.78 bits per heavy atom. The van der Waals surface area contributed by atoms with E-state index in [0.29, 0.717) is 24.2 Å². The summed E-state index contributed by atoms with van der Waals surface area (Å²) in [7, 11) is 0. The Labute approximate surface area is 131 Å². The molecule has 122 valence electrons. The summed E-state index contributed by atoms with van der Waals surface area (Å²) in [6.07, 6.45) is -0.904. The predicted molar refractivity (Wildman–Crippen MR) is 76.5 cm³/mol. The minimum absolute atomic E-state index is 0.157. The van der Waals surface area contributed by atoms with E-state index in [1.54, 1.807) is 6.20 Å². The first-order chi connectivity index (χ1) is 11.0. The summed E-state index contributed by atoms with van der Waals surface area (Å²) < 4.78 is 6.91. The van der Waals surface area contributed by atoms with Crippen molar-refractivity contribution in [1.82, 2.24) is 9.88 Å². The molecule has 4 atom stereocenters.